The smallest absolute Gasteiger partial charge is 0.254 e. The van der Waals surface area contributed by atoms with Crippen LogP contribution in [0.15, 0.2) is 41.0 Å². The topological polar surface area (TPSA) is 61.1 Å². The molecule has 0 atom stereocenters. The average Bonchev–Trinajstić information content (AvgIpc) is 3.11. The standard InChI is InChI=1S/C18H23NO5/c1-4-23-17-12-14(7-8-16(17)22-3)18(20)19(9-11-21-2)13-15-6-5-10-24-15/h5-8,10,12H,4,9,11,13H2,1-3H3. The van der Waals surface area contributed by atoms with Crippen molar-refractivity contribution >= 4 is 5.91 Å². The Morgan fingerprint density at radius 3 is 2.67 bits per heavy atom. The molecule has 2 rings (SSSR count). The van der Waals surface area contributed by atoms with Gasteiger partial charge in [0, 0.05) is 19.2 Å². The maximum Gasteiger partial charge on any atom is 0.254 e. The summed E-state index contributed by atoms with van der Waals surface area (Å²) in [5, 5.41) is 0. The highest BCUT2D eigenvalue weighted by Crippen LogP contribution is 2.28. The van der Waals surface area contributed by atoms with E-state index in [4.69, 9.17) is 18.6 Å². The van der Waals surface area contributed by atoms with Crippen LogP contribution in [0.5, 0.6) is 11.5 Å². The fourth-order valence-corrected chi connectivity index (χ4v) is 2.31. The quantitative estimate of drug-likeness (QED) is 0.706. The summed E-state index contributed by atoms with van der Waals surface area (Å²) in [5.74, 6) is 1.75. The molecule has 0 N–H and O–H groups in total. The van der Waals surface area contributed by atoms with Crippen LogP contribution in [0.4, 0.5) is 0 Å². The Kier molecular flexibility index (Phi) is 6.69. The van der Waals surface area contributed by atoms with Gasteiger partial charge in [-0.3, -0.25) is 4.79 Å². The Hall–Kier alpha value is -2.47. The number of hydrogen-bond acceptors (Lipinski definition) is 5. The zero-order chi connectivity index (χ0) is 17.4. The van der Waals surface area contributed by atoms with Gasteiger partial charge in [0.2, 0.25) is 0 Å². The van der Waals surface area contributed by atoms with Crippen molar-refractivity contribution in [3.8, 4) is 11.5 Å². The van der Waals surface area contributed by atoms with E-state index in [2.05, 4.69) is 0 Å². The van der Waals surface area contributed by atoms with E-state index < -0.39 is 0 Å². The first-order valence-corrected chi connectivity index (χ1v) is 7.81. The highest BCUT2D eigenvalue weighted by atomic mass is 16.5. The molecule has 24 heavy (non-hydrogen) atoms. The molecule has 0 aliphatic rings. The van der Waals surface area contributed by atoms with Gasteiger partial charge in [-0.15, -0.1) is 0 Å². The molecule has 2 aromatic rings. The number of ether oxygens (including phenoxy) is 3. The summed E-state index contributed by atoms with van der Waals surface area (Å²) in [6.45, 7) is 3.67. The molecule has 1 amide bonds. The fourth-order valence-electron chi connectivity index (χ4n) is 2.31. The number of nitrogens with zero attached hydrogens (tertiary/aromatic N) is 1. The molecule has 1 heterocycles. The molecule has 130 valence electrons. The van der Waals surface area contributed by atoms with Gasteiger partial charge in [0.1, 0.15) is 5.76 Å². The Bertz CT molecular complexity index is 639. The molecule has 0 saturated heterocycles. The predicted molar refractivity (Wildman–Crippen MR) is 89.5 cm³/mol. The van der Waals surface area contributed by atoms with Gasteiger partial charge < -0.3 is 23.5 Å². The molecule has 0 fully saturated rings. The van der Waals surface area contributed by atoms with Gasteiger partial charge in [0.05, 0.1) is 33.1 Å². The number of hydrogen-bond donors (Lipinski definition) is 0. The molecule has 6 nitrogen and oxygen atoms in total. The van der Waals surface area contributed by atoms with Gasteiger partial charge in [-0.1, -0.05) is 0 Å². The average molecular weight is 333 g/mol. The molecule has 1 aromatic carbocycles. The predicted octanol–water partition coefficient (Wildman–Crippen LogP) is 2.98. The SMILES string of the molecule is CCOc1cc(C(=O)N(CCOC)Cc2ccco2)ccc1OC. The maximum absolute atomic E-state index is 12.9. The molecule has 0 spiro atoms. The fraction of sp³-hybridized carbons (Fsp3) is 0.389. The lowest BCUT2D eigenvalue weighted by Crippen LogP contribution is -2.33. The summed E-state index contributed by atoms with van der Waals surface area (Å²) >= 11 is 0. The first kappa shape index (κ1) is 17.9. The first-order chi connectivity index (χ1) is 11.7. The monoisotopic (exact) mass is 333 g/mol. The minimum absolute atomic E-state index is 0.118. The molecular weight excluding hydrogens is 310 g/mol. The number of methoxy groups -OCH3 is 2. The van der Waals surface area contributed by atoms with Gasteiger partial charge in [-0.2, -0.15) is 0 Å². The summed E-state index contributed by atoms with van der Waals surface area (Å²) in [7, 11) is 3.18. The van der Waals surface area contributed by atoms with E-state index >= 15 is 0 Å². The van der Waals surface area contributed by atoms with Gasteiger partial charge in [-0.05, 0) is 37.3 Å². The minimum Gasteiger partial charge on any atom is -0.493 e. The molecule has 1 aromatic heterocycles. The maximum atomic E-state index is 12.9. The van der Waals surface area contributed by atoms with Crippen molar-refractivity contribution in [2.75, 3.05) is 34.0 Å². The molecule has 0 unspecified atom stereocenters. The van der Waals surface area contributed by atoms with Gasteiger partial charge in [-0.25, -0.2) is 0 Å². The molecule has 0 bridgehead atoms. The van der Waals surface area contributed by atoms with Crippen molar-refractivity contribution in [2.24, 2.45) is 0 Å². The molecule has 0 aliphatic heterocycles. The molecule has 0 aliphatic carbocycles. The summed E-state index contributed by atoms with van der Waals surface area (Å²) in [6, 6.07) is 8.81. The van der Waals surface area contributed by atoms with Crippen molar-refractivity contribution < 1.29 is 23.4 Å². The van der Waals surface area contributed by atoms with Crippen LogP contribution in [-0.4, -0.2) is 44.8 Å². The minimum atomic E-state index is -0.118. The van der Waals surface area contributed by atoms with E-state index in [1.807, 2.05) is 13.0 Å². The normalized spacial score (nSPS) is 10.5. The largest absolute Gasteiger partial charge is 0.493 e. The summed E-state index contributed by atoms with van der Waals surface area (Å²) in [6.07, 6.45) is 1.59. The summed E-state index contributed by atoms with van der Waals surface area (Å²) < 4.78 is 21.3. The van der Waals surface area contributed by atoms with Crippen LogP contribution in [0.2, 0.25) is 0 Å². The summed E-state index contributed by atoms with van der Waals surface area (Å²) in [5.41, 5.74) is 0.530. The molecular formula is C18H23NO5. The van der Waals surface area contributed by atoms with Crippen LogP contribution in [0.3, 0.4) is 0 Å². The lowest BCUT2D eigenvalue weighted by atomic mass is 10.1. The van der Waals surface area contributed by atoms with E-state index in [1.165, 1.54) is 0 Å². The third kappa shape index (κ3) is 4.52. The van der Waals surface area contributed by atoms with E-state index in [0.29, 0.717) is 43.4 Å². The van der Waals surface area contributed by atoms with Crippen molar-refractivity contribution in [2.45, 2.75) is 13.5 Å². The number of carbonyl (C=O) groups is 1. The second-order valence-corrected chi connectivity index (χ2v) is 5.10. The Morgan fingerprint density at radius 1 is 1.21 bits per heavy atom. The third-order valence-electron chi connectivity index (χ3n) is 3.49. The van der Waals surface area contributed by atoms with Gasteiger partial charge in [0.15, 0.2) is 11.5 Å². The van der Waals surface area contributed by atoms with Gasteiger partial charge in [0.25, 0.3) is 5.91 Å². The third-order valence-corrected chi connectivity index (χ3v) is 3.49. The second kappa shape index (κ2) is 8.98. The first-order valence-electron chi connectivity index (χ1n) is 7.81. The number of carbonyl (C=O) groups excluding carboxylic acids is 1. The van der Waals surface area contributed by atoms with Crippen LogP contribution in [0.25, 0.3) is 0 Å². The Balaban J connectivity index is 2.22. The van der Waals surface area contributed by atoms with Crippen LogP contribution in [0, 0.1) is 0 Å². The van der Waals surface area contributed by atoms with E-state index in [0.717, 1.165) is 5.76 Å². The van der Waals surface area contributed by atoms with Crippen molar-refractivity contribution in [1.82, 2.24) is 4.90 Å². The van der Waals surface area contributed by atoms with Crippen molar-refractivity contribution in [3.63, 3.8) is 0 Å². The van der Waals surface area contributed by atoms with Crippen LogP contribution >= 0.6 is 0 Å². The zero-order valence-corrected chi connectivity index (χ0v) is 14.3. The molecule has 0 saturated carbocycles. The number of benzene rings is 1. The lowest BCUT2D eigenvalue weighted by Gasteiger charge is -2.22. The zero-order valence-electron chi connectivity index (χ0n) is 14.3. The van der Waals surface area contributed by atoms with Crippen molar-refractivity contribution in [1.29, 1.82) is 0 Å². The lowest BCUT2D eigenvalue weighted by molar-refractivity contribution is 0.0666. The van der Waals surface area contributed by atoms with Gasteiger partial charge >= 0.3 is 0 Å². The number of furan rings is 1. The molecule has 0 radical (unpaired) electrons. The number of rotatable bonds is 9. The van der Waals surface area contributed by atoms with E-state index in [9.17, 15) is 4.79 Å². The highest BCUT2D eigenvalue weighted by molar-refractivity contribution is 5.94. The Labute approximate surface area is 141 Å². The number of amides is 1. The van der Waals surface area contributed by atoms with Crippen molar-refractivity contribution in [3.05, 3.63) is 47.9 Å². The second-order valence-electron chi connectivity index (χ2n) is 5.10. The Morgan fingerprint density at radius 2 is 2.04 bits per heavy atom. The van der Waals surface area contributed by atoms with Crippen LogP contribution in [0.1, 0.15) is 23.0 Å². The highest BCUT2D eigenvalue weighted by Gasteiger charge is 2.19. The molecule has 6 heteroatoms. The van der Waals surface area contributed by atoms with E-state index in [1.54, 1.807) is 49.6 Å². The van der Waals surface area contributed by atoms with Crippen LogP contribution < -0.4 is 9.47 Å². The summed E-state index contributed by atoms with van der Waals surface area (Å²) in [4.78, 5) is 14.5. The van der Waals surface area contributed by atoms with E-state index in [-0.39, 0.29) is 5.91 Å². The van der Waals surface area contributed by atoms with Crippen LogP contribution in [-0.2, 0) is 11.3 Å².